The van der Waals surface area contributed by atoms with Gasteiger partial charge in [-0.3, -0.25) is 9.10 Å². The molecule has 0 aliphatic carbocycles. The highest BCUT2D eigenvalue weighted by molar-refractivity contribution is 7.92. The van der Waals surface area contributed by atoms with Crippen LogP contribution in [0.25, 0.3) is 0 Å². The van der Waals surface area contributed by atoms with Crippen LogP contribution in [0.5, 0.6) is 5.75 Å². The first-order valence-corrected chi connectivity index (χ1v) is 10.3. The van der Waals surface area contributed by atoms with Crippen LogP contribution in [-0.4, -0.2) is 32.7 Å². The second kappa shape index (κ2) is 8.39. The quantitative estimate of drug-likeness (QED) is 0.781. The monoisotopic (exact) mass is 394 g/mol. The molecule has 0 aromatic heterocycles. The lowest BCUT2D eigenvalue weighted by Crippen LogP contribution is -2.45. The zero-order valence-corrected chi connectivity index (χ0v) is 16.5. The Morgan fingerprint density at radius 1 is 1.11 bits per heavy atom. The lowest BCUT2D eigenvalue weighted by atomic mass is 10.2. The third kappa shape index (κ3) is 5.43. The minimum atomic E-state index is -3.83. The van der Waals surface area contributed by atoms with Crippen LogP contribution in [0.15, 0.2) is 48.5 Å². The maximum absolute atomic E-state index is 13.6. The third-order valence-corrected chi connectivity index (χ3v) is 4.90. The zero-order chi connectivity index (χ0) is 20.2. The number of nitrogens with zero attached hydrogens (tertiary/aromatic N) is 1. The summed E-state index contributed by atoms with van der Waals surface area (Å²) in [4.78, 5) is 12.7. The number of carbonyl (C=O) groups is 1. The molecule has 0 fully saturated rings. The van der Waals surface area contributed by atoms with E-state index in [4.69, 9.17) is 4.74 Å². The lowest BCUT2D eigenvalue weighted by Gasteiger charge is -2.28. The Bertz CT molecular complexity index is 915. The van der Waals surface area contributed by atoms with Crippen LogP contribution < -0.4 is 14.4 Å². The number of hydrogen-bond donors (Lipinski definition) is 1. The van der Waals surface area contributed by atoms with E-state index in [1.807, 2.05) is 13.8 Å². The van der Waals surface area contributed by atoms with E-state index >= 15 is 0 Å². The molecule has 1 atom stereocenters. The van der Waals surface area contributed by atoms with Gasteiger partial charge in [0.05, 0.1) is 23.7 Å². The van der Waals surface area contributed by atoms with Crippen LogP contribution in [0.3, 0.4) is 0 Å². The van der Waals surface area contributed by atoms with Crippen molar-refractivity contribution >= 4 is 27.3 Å². The van der Waals surface area contributed by atoms with Crippen molar-refractivity contribution in [3.8, 4) is 5.75 Å². The van der Waals surface area contributed by atoms with Crippen LogP contribution in [0.2, 0.25) is 0 Å². The molecular formula is C19H23FN2O4S. The van der Waals surface area contributed by atoms with Gasteiger partial charge in [-0.1, -0.05) is 18.2 Å². The van der Waals surface area contributed by atoms with Gasteiger partial charge < -0.3 is 10.1 Å². The molecule has 1 N–H and O–H groups in total. The predicted molar refractivity (Wildman–Crippen MR) is 104 cm³/mol. The number of rotatable bonds is 7. The number of anilines is 2. The van der Waals surface area contributed by atoms with Crippen LogP contribution in [-0.2, 0) is 14.8 Å². The van der Waals surface area contributed by atoms with E-state index in [9.17, 15) is 17.6 Å². The van der Waals surface area contributed by atoms with E-state index in [1.54, 1.807) is 24.3 Å². The van der Waals surface area contributed by atoms with Crippen LogP contribution in [0, 0.1) is 5.82 Å². The summed E-state index contributed by atoms with van der Waals surface area (Å²) in [6, 6.07) is 10.9. The number of hydrogen-bond acceptors (Lipinski definition) is 4. The van der Waals surface area contributed by atoms with Gasteiger partial charge in [0, 0.05) is 0 Å². The average Bonchev–Trinajstić information content (AvgIpc) is 2.55. The van der Waals surface area contributed by atoms with Crippen molar-refractivity contribution in [3.05, 3.63) is 54.3 Å². The fraction of sp³-hybridized carbons (Fsp3) is 0.316. The number of para-hydroxylation sites is 2. The van der Waals surface area contributed by atoms with E-state index in [0.717, 1.165) is 16.6 Å². The number of halogens is 1. The highest BCUT2D eigenvalue weighted by Gasteiger charge is 2.29. The molecule has 8 heteroatoms. The molecule has 146 valence electrons. The summed E-state index contributed by atoms with van der Waals surface area (Å²) < 4.78 is 44.6. The Morgan fingerprint density at radius 2 is 1.78 bits per heavy atom. The molecule has 0 aliphatic heterocycles. The third-order valence-electron chi connectivity index (χ3n) is 3.66. The van der Waals surface area contributed by atoms with Crippen LogP contribution in [0.4, 0.5) is 15.8 Å². The van der Waals surface area contributed by atoms with Gasteiger partial charge in [-0.05, 0) is 51.1 Å². The average molecular weight is 394 g/mol. The molecule has 6 nitrogen and oxygen atoms in total. The van der Waals surface area contributed by atoms with Crippen molar-refractivity contribution in [2.75, 3.05) is 15.9 Å². The number of amides is 1. The molecule has 0 bridgehead atoms. The highest BCUT2D eigenvalue weighted by atomic mass is 32.2. The molecule has 1 unspecified atom stereocenters. The van der Waals surface area contributed by atoms with E-state index in [1.165, 1.54) is 25.1 Å². The number of benzene rings is 2. The normalized spacial score (nSPS) is 12.5. The molecular weight excluding hydrogens is 371 g/mol. The molecule has 2 rings (SSSR count). The standard InChI is InChI=1S/C19H23FN2O4S/c1-13(2)26-18-11-6-5-10-17(18)21-19(23)14(3)22(27(4,24)25)16-9-7-8-15(20)12-16/h5-14H,1-4H3,(H,21,23). The fourth-order valence-corrected chi connectivity index (χ4v) is 3.75. The predicted octanol–water partition coefficient (Wildman–Crippen LogP) is 3.41. The number of ether oxygens (including phenoxy) is 1. The molecule has 0 saturated heterocycles. The van der Waals surface area contributed by atoms with Crippen molar-refractivity contribution in [1.82, 2.24) is 0 Å². The first-order chi connectivity index (χ1) is 12.6. The summed E-state index contributed by atoms with van der Waals surface area (Å²) in [6.45, 7) is 5.15. The first-order valence-electron chi connectivity index (χ1n) is 8.41. The largest absolute Gasteiger partial charge is 0.489 e. The molecule has 1 amide bonds. The Kier molecular flexibility index (Phi) is 6.43. The molecule has 0 spiro atoms. The topological polar surface area (TPSA) is 75.7 Å². The molecule has 0 radical (unpaired) electrons. The van der Waals surface area contributed by atoms with E-state index in [-0.39, 0.29) is 11.8 Å². The van der Waals surface area contributed by atoms with Gasteiger partial charge in [0.15, 0.2) is 0 Å². The first kappa shape index (κ1) is 20.7. The Labute approximate surface area is 159 Å². The van der Waals surface area contributed by atoms with Gasteiger partial charge in [0.25, 0.3) is 0 Å². The second-order valence-corrected chi connectivity index (χ2v) is 8.23. The Balaban J connectivity index is 2.32. The number of nitrogens with one attached hydrogen (secondary N) is 1. The van der Waals surface area contributed by atoms with Crippen molar-refractivity contribution in [2.24, 2.45) is 0 Å². The fourth-order valence-electron chi connectivity index (χ4n) is 2.59. The SMILES string of the molecule is CC(C)Oc1ccccc1NC(=O)C(C)N(c1cccc(F)c1)S(C)(=O)=O. The number of carbonyl (C=O) groups excluding carboxylic acids is 1. The second-order valence-electron chi connectivity index (χ2n) is 6.37. The van der Waals surface area contributed by atoms with Crippen molar-refractivity contribution in [2.45, 2.75) is 32.9 Å². The molecule has 2 aromatic carbocycles. The van der Waals surface area contributed by atoms with Gasteiger partial charge >= 0.3 is 0 Å². The van der Waals surface area contributed by atoms with Crippen LogP contribution in [0.1, 0.15) is 20.8 Å². The molecule has 27 heavy (non-hydrogen) atoms. The maximum Gasteiger partial charge on any atom is 0.248 e. The molecule has 2 aromatic rings. The Hall–Kier alpha value is -2.61. The maximum atomic E-state index is 13.6. The Morgan fingerprint density at radius 3 is 2.37 bits per heavy atom. The van der Waals surface area contributed by atoms with Crippen LogP contribution >= 0.6 is 0 Å². The van der Waals surface area contributed by atoms with E-state index in [0.29, 0.717) is 11.4 Å². The number of sulfonamides is 1. The smallest absolute Gasteiger partial charge is 0.248 e. The molecule has 0 saturated carbocycles. The van der Waals surface area contributed by atoms with Gasteiger partial charge in [-0.25, -0.2) is 12.8 Å². The lowest BCUT2D eigenvalue weighted by molar-refractivity contribution is -0.116. The van der Waals surface area contributed by atoms with Gasteiger partial charge in [0.2, 0.25) is 15.9 Å². The van der Waals surface area contributed by atoms with E-state index < -0.39 is 27.8 Å². The highest BCUT2D eigenvalue weighted by Crippen LogP contribution is 2.27. The summed E-state index contributed by atoms with van der Waals surface area (Å²) >= 11 is 0. The summed E-state index contributed by atoms with van der Waals surface area (Å²) in [6.07, 6.45) is 0.873. The van der Waals surface area contributed by atoms with E-state index in [2.05, 4.69) is 5.32 Å². The minimum Gasteiger partial charge on any atom is -0.489 e. The summed E-state index contributed by atoms with van der Waals surface area (Å²) in [5.41, 5.74) is 0.502. The van der Waals surface area contributed by atoms with Gasteiger partial charge in [-0.15, -0.1) is 0 Å². The molecule has 0 heterocycles. The van der Waals surface area contributed by atoms with Crippen molar-refractivity contribution < 1.29 is 22.3 Å². The summed E-state index contributed by atoms with van der Waals surface area (Å²) in [5.74, 6) is -0.682. The summed E-state index contributed by atoms with van der Waals surface area (Å²) in [5, 5.41) is 2.69. The van der Waals surface area contributed by atoms with Gasteiger partial charge in [0.1, 0.15) is 17.6 Å². The molecule has 0 aliphatic rings. The minimum absolute atomic E-state index is 0.0758. The van der Waals surface area contributed by atoms with Crippen molar-refractivity contribution in [1.29, 1.82) is 0 Å². The zero-order valence-electron chi connectivity index (χ0n) is 15.6. The van der Waals surface area contributed by atoms with Crippen molar-refractivity contribution in [3.63, 3.8) is 0 Å². The van der Waals surface area contributed by atoms with Gasteiger partial charge in [-0.2, -0.15) is 0 Å². The summed E-state index contributed by atoms with van der Waals surface area (Å²) in [7, 11) is -3.83.